The molecule has 0 spiro atoms. The van der Waals surface area contributed by atoms with Crippen LogP contribution in [0.1, 0.15) is 90.4 Å². The lowest BCUT2D eigenvalue weighted by atomic mass is 9.78. The summed E-state index contributed by atoms with van der Waals surface area (Å²) in [6.45, 7) is 3.24. The van der Waals surface area contributed by atoms with Gasteiger partial charge in [0.2, 0.25) is 0 Å². The molecule has 20 heavy (non-hydrogen) atoms. The van der Waals surface area contributed by atoms with Crippen LogP contribution in [0.25, 0.3) is 0 Å². The largest absolute Gasteiger partial charge is 0.396 e. The zero-order chi connectivity index (χ0) is 14.7. The van der Waals surface area contributed by atoms with Crippen LogP contribution in [0, 0.1) is 11.3 Å². The van der Waals surface area contributed by atoms with E-state index in [9.17, 15) is 5.11 Å². The van der Waals surface area contributed by atoms with Crippen LogP contribution in [0.3, 0.4) is 0 Å². The zero-order valence-electron chi connectivity index (χ0n) is 13.7. The molecule has 3 N–H and O–H groups in total. The summed E-state index contributed by atoms with van der Waals surface area (Å²) < 4.78 is 0. The van der Waals surface area contributed by atoms with Crippen molar-refractivity contribution in [1.82, 2.24) is 0 Å². The molecular formula is C18H37NO. The standard InChI is InChI=1S/C18H37NO/c1-2-3-4-5-6-7-8-9-10-11-14-18(15-19,16-20)17-12-13-17/h17,20H,2-16,19H2,1H3. The van der Waals surface area contributed by atoms with Crippen molar-refractivity contribution in [2.45, 2.75) is 90.4 Å². The Balaban J connectivity index is 1.93. The summed E-state index contributed by atoms with van der Waals surface area (Å²) in [5.41, 5.74) is 5.99. The van der Waals surface area contributed by atoms with Crippen LogP contribution in [0.4, 0.5) is 0 Å². The zero-order valence-corrected chi connectivity index (χ0v) is 13.7. The molecule has 1 aliphatic carbocycles. The van der Waals surface area contributed by atoms with E-state index >= 15 is 0 Å². The van der Waals surface area contributed by atoms with E-state index in [1.807, 2.05) is 0 Å². The molecule has 1 rings (SSSR count). The first-order valence-electron chi connectivity index (χ1n) is 9.10. The number of hydrogen-bond donors (Lipinski definition) is 2. The van der Waals surface area contributed by atoms with Crippen molar-refractivity contribution < 1.29 is 5.11 Å². The van der Waals surface area contributed by atoms with Gasteiger partial charge in [-0.25, -0.2) is 0 Å². The van der Waals surface area contributed by atoms with Gasteiger partial charge in [-0.15, -0.1) is 0 Å². The predicted molar refractivity (Wildman–Crippen MR) is 87.8 cm³/mol. The lowest BCUT2D eigenvalue weighted by molar-refractivity contribution is 0.0961. The van der Waals surface area contributed by atoms with Crippen LogP contribution < -0.4 is 5.73 Å². The molecule has 1 unspecified atom stereocenters. The Morgan fingerprint density at radius 2 is 1.40 bits per heavy atom. The summed E-state index contributed by atoms with van der Waals surface area (Å²) in [6.07, 6.45) is 17.5. The molecule has 2 heteroatoms. The third-order valence-electron chi connectivity index (χ3n) is 5.19. The van der Waals surface area contributed by atoms with Gasteiger partial charge < -0.3 is 10.8 Å². The molecular weight excluding hydrogens is 246 g/mol. The second-order valence-electron chi connectivity index (χ2n) is 6.93. The highest BCUT2D eigenvalue weighted by Crippen LogP contribution is 2.47. The smallest absolute Gasteiger partial charge is 0.0502 e. The van der Waals surface area contributed by atoms with Crippen LogP contribution in [0.5, 0.6) is 0 Å². The second-order valence-corrected chi connectivity index (χ2v) is 6.93. The fourth-order valence-corrected chi connectivity index (χ4v) is 3.41. The van der Waals surface area contributed by atoms with E-state index in [-0.39, 0.29) is 5.41 Å². The Morgan fingerprint density at radius 1 is 0.900 bits per heavy atom. The van der Waals surface area contributed by atoms with Crippen molar-refractivity contribution >= 4 is 0 Å². The van der Waals surface area contributed by atoms with E-state index in [0.29, 0.717) is 13.2 Å². The maximum absolute atomic E-state index is 9.65. The number of aliphatic hydroxyl groups is 1. The molecule has 120 valence electrons. The number of aliphatic hydroxyl groups excluding tert-OH is 1. The lowest BCUT2D eigenvalue weighted by Crippen LogP contribution is -2.36. The number of rotatable bonds is 14. The van der Waals surface area contributed by atoms with E-state index in [0.717, 1.165) is 12.3 Å². The van der Waals surface area contributed by atoms with Crippen molar-refractivity contribution in [2.75, 3.05) is 13.2 Å². The normalized spacial score (nSPS) is 18.1. The van der Waals surface area contributed by atoms with Gasteiger partial charge in [-0.3, -0.25) is 0 Å². The molecule has 0 radical (unpaired) electrons. The molecule has 0 aliphatic heterocycles. The van der Waals surface area contributed by atoms with Gasteiger partial charge in [0.15, 0.2) is 0 Å². The van der Waals surface area contributed by atoms with Crippen molar-refractivity contribution in [2.24, 2.45) is 17.1 Å². The van der Waals surface area contributed by atoms with Gasteiger partial charge in [0.1, 0.15) is 0 Å². The minimum atomic E-state index is 0.0696. The molecule has 0 heterocycles. The number of unbranched alkanes of at least 4 members (excludes halogenated alkanes) is 9. The third-order valence-corrected chi connectivity index (χ3v) is 5.19. The first-order chi connectivity index (χ1) is 9.79. The van der Waals surface area contributed by atoms with Crippen LogP contribution >= 0.6 is 0 Å². The molecule has 0 aromatic rings. The van der Waals surface area contributed by atoms with Crippen LogP contribution in [0.2, 0.25) is 0 Å². The molecule has 1 saturated carbocycles. The van der Waals surface area contributed by atoms with Crippen LogP contribution in [0.15, 0.2) is 0 Å². The Hall–Kier alpha value is -0.0800. The highest BCUT2D eigenvalue weighted by atomic mass is 16.3. The van der Waals surface area contributed by atoms with Crippen molar-refractivity contribution in [3.63, 3.8) is 0 Å². The van der Waals surface area contributed by atoms with Gasteiger partial charge in [0.25, 0.3) is 0 Å². The Morgan fingerprint density at radius 3 is 1.80 bits per heavy atom. The van der Waals surface area contributed by atoms with Gasteiger partial charge in [-0.2, -0.15) is 0 Å². The van der Waals surface area contributed by atoms with E-state index < -0.39 is 0 Å². The number of hydrogen-bond acceptors (Lipinski definition) is 2. The highest BCUT2D eigenvalue weighted by Gasteiger charge is 2.43. The van der Waals surface area contributed by atoms with Crippen molar-refractivity contribution in [3.05, 3.63) is 0 Å². The lowest BCUT2D eigenvalue weighted by Gasteiger charge is -2.30. The molecule has 0 bridgehead atoms. The minimum absolute atomic E-state index is 0.0696. The maximum atomic E-state index is 9.65. The fourth-order valence-electron chi connectivity index (χ4n) is 3.41. The molecule has 0 saturated heterocycles. The van der Waals surface area contributed by atoms with Gasteiger partial charge in [-0.05, 0) is 25.2 Å². The molecule has 1 aliphatic rings. The second kappa shape index (κ2) is 10.6. The molecule has 2 nitrogen and oxygen atoms in total. The van der Waals surface area contributed by atoms with Gasteiger partial charge in [0, 0.05) is 12.0 Å². The Labute approximate surface area is 126 Å². The van der Waals surface area contributed by atoms with Gasteiger partial charge in [-0.1, -0.05) is 71.1 Å². The van der Waals surface area contributed by atoms with E-state index in [1.54, 1.807) is 0 Å². The molecule has 1 atom stereocenters. The Bertz CT molecular complexity index is 221. The topological polar surface area (TPSA) is 46.2 Å². The first kappa shape index (κ1) is 18.0. The monoisotopic (exact) mass is 283 g/mol. The average Bonchev–Trinajstić information content (AvgIpc) is 3.31. The summed E-state index contributed by atoms with van der Waals surface area (Å²) in [5, 5.41) is 9.65. The minimum Gasteiger partial charge on any atom is -0.396 e. The first-order valence-corrected chi connectivity index (χ1v) is 9.10. The Kier molecular flexibility index (Phi) is 9.54. The molecule has 0 amide bonds. The van der Waals surface area contributed by atoms with Crippen molar-refractivity contribution in [3.8, 4) is 0 Å². The molecule has 0 aromatic carbocycles. The molecule has 0 aromatic heterocycles. The van der Waals surface area contributed by atoms with Crippen LogP contribution in [-0.2, 0) is 0 Å². The predicted octanol–water partition coefficient (Wildman–Crippen LogP) is 4.64. The summed E-state index contributed by atoms with van der Waals surface area (Å²) >= 11 is 0. The molecule has 1 fully saturated rings. The summed E-state index contributed by atoms with van der Waals surface area (Å²) in [6, 6.07) is 0. The quantitative estimate of drug-likeness (QED) is 0.456. The summed E-state index contributed by atoms with van der Waals surface area (Å²) in [4.78, 5) is 0. The maximum Gasteiger partial charge on any atom is 0.0502 e. The van der Waals surface area contributed by atoms with Crippen molar-refractivity contribution in [1.29, 1.82) is 0 Å². The van der Waals surface area contributed by atoms with E-state index in [4.69, 9.17) is 5.73 Å². The fraction of sp³-hybridized carbons (Fsp3) is 1.00. The average molecular weight is 284 g/mol. The van der Waals surface area contributed by atoms with E-state index in [2.05, 4.69) is 6.92 Å². The summed E-state index contributed by atoms with van der Waals surface area (Å²) in [7, 11) is 0. The van der Waals surface area contributed by atoms with Crippen LogP contribution in [-0.4, -0.2) is 18.3 Å². The SMILES string of the molecule is CCCCCCCCCCCCC(CN)(CO)C1CC1. The highest BCUT2D eigenvalue weighted by molar-refractivity contribution is 4.94. The van der Waals surface area contributed by atoms with Gasteiger partial charge >= 0.3 is 0 Å². The summed E-state index contributed by atoms with van der Waals surface area (Å²) in [5.74, 6) is 0.719. The van der Waals surface area contributed by atoms with Gasteiger partial charge in [0.05, 0.1) is 6.61 Å². The third kappa shape index (κ3) is 6.58. The number of nitrogens with two attached hydrogens (primary N) is 1. The van der Waals surface area contributed by atoms with E-state index in [1.165, 1.54) is 77.0 Å².